The molecule has 146 valence electrons. The van der Waals surface area contributed by atoms with Gasteiger partial charge < -0.3 is 9.84 Å². The van der Waals surface area contributed by atoms with Crippen LogP contribution in [0.25, 0.3) is 0 Å². The molecule has 4 unspecified atom stereocenters. The first-order valence-electron chi connectivity index (χ1n) is 10.5. The van der Waals surface area contributed by atoms with E-state index in [0.29, 0.717) is 28.8 Å². The fourth-order valence-electron chi connectivity index (χ4n) is 4.73. The highest BCUT2D eigenvalue weighted by molar-refractivity contribution is 8.00. The average Bonchev–Trinajstić information content (AvgIpc) is 2.96. The molecule has 3 heteroatoms. The summed E-state index contributed by atoms with van der Waals surface area (Å²) in [6.45, 7) is 11.3. The van der Waals surface area contributed by atoms with Gasteiger partial charge in [0.2, 0.25) is 0 Å². The van der Waals surface area contributed by atoms with Crippen molar-refractivity contribution in [2.75, 3.05) is 5.75 Å². The largest absolute Gasteiger partial charge is 0.508 e. The Labute approximate surface area is 164 Å². The molecule has 2 aliphatic rings. The molecule has 1 saturated heterocycles. The molecule has 0 aliphatic carbocycles. The number of aromatic hydroxyl groups is 1. The van der Waals surface area contributed by atoms with Gasteiger partial charge in [-0.05, 0) is 55.6 Å². The van der Waals surface area contributed by atoms with E-state index in [9.17, 15) is 5.11 Å². The summed E-state index contributed by atoms with van der Waals surface area (Å²) in [5, 5.41) is 11.3. The SMILES string of the molecule is CCCCCCCC(C)c1cc(O)c2c(c1)OC(C)(C)C1SCC(C)C21. The topological polar surface area (TPSA) is 29.5 Å². The number of thioether (sulfide) groups is 1. The zero-order valence-corrected chi connectivity index (χ0v) is 18.0. The molecule has 1 aromatic carbocycles. The van der Waals surface area contributed by atoms with E-state index in [0.717, 1.165) is 17.1 Å². The van der Waals surface area contributed by atoms with Gasteiger partial charge in [0.1, 0.15) is 17.1 Å². The van der Waals surface area contributed by atoms with Gasteiger partial charge in [0.05, 0.1) is 5.25 Å². The van der Waals surface area contributed by atoms with Gasteiger partial charge in [-0.3, -0.25) is 0 Å². The lowest BCUT2D eigenvalue weighted by atomic mass is 9.76. The third-order valence-corrected chi connectivity index (χ3v) is 8.26. The molecule has 1 fully saturated rings. The van der Waals surface area contributed by atoms with Crippen LogP contribution in [0.5, 0.6) is 11.5 Å². The quantitative estimate of drug-likeness (QED) is 0.527. The third kappa shape index (κ3) is 3.88. The number of benzene rings is 1. The number of hydrogen-bond acceptors (Lipinski definition) is 3. The van der Waals surface area contributed by atoms with Crippen LogP contribution in [0.3, 0.4) is 0 Å². The Balaban J connectivity index is 1.79. The van der Waals surface area contributed by atoms with Gasteiger partial charge >= 0.3 is 0 Å². The van der Waals surface area contributed by atoms with Crippen LogP contribution in [0.15, 0.2) is 12.1 Å². The monoisotopic (exact) mass is 376 g/mol. The number of ether oxygens (including phenoxy) is 1. The Morgan fingerprint density at radius 1 is 1.23 bits per heavy atom. The van der Waals surface area contributed by atoms with Gasteiger partial charge in [-0.15, -0.1) is 0 Å². The molecular weight excluding hydrogens is 340 g/mol. The van der Waals surface area contributed by atoms with Crippen molar-refractivity contribution in [2.45, 2.75) is 95.8 Å². The molecule has 0 aromatic heterocycles. The minimum Gasteiger partial charge on any atom is -0.508 e. The number of phenolic OH excluding ortho intramolecular Hbond substituents is 1. The number of fused-ring (bicyclic) bond motifs is 3. The van der Waals surface area contributed by atoms with E-state index < -0.39 is 0 Å². The van der Waals surface area contributed by atoms with Crippen molar-refractivity contribution >= 4 is 11.8 Å². The second kappa shape index (κ2) is 8.04. The van der Waals surface area contributed by atoms with Crippen LogP contribution < -0.4 is 4.74 Å². The van der Waals surface area contributed by atoms with E-state index in [2.05, 4.69) is 40.7 Å². The second-order valence-electron chi connectivity index (χ2n) is 9.02. The number of hydrogen-bond donors (Lipinski definition) is 1. The first kappa shape index (κ1) is 19.9. The molecule has 2 nitrogen and oxygen atoms in total. The van der Waals surface area contributed by atoms with E-state index >= 15 is 0 Å². The van der Waals surface area contributed by atoms with Crippen molar-refractivity contribution in [2.24, 2.45) is 5.92 Å². The van der Waals surface area contributed by atoms with Crippen molar-refractivity contribution in [3.05, 3.63) is 23.3 Å². The molecule has 26 heavy (non-hydrogen) atoms. The fraction of sp³-hybridized carbons (Fsp3) is 0.739. The van der Waals surface area contributed by atoms with Gasteiger partial charge in [-0.1, -0.05) is 52.9 Å². The fourth-order valence-corrected chi connectivity index (χ4v) is 6.51. The average molecular weight is 377 g/mol. The Morgan fingerprint density at radius 3 is 2.69 bits per heavy atom. The Morgan fingerprint density at radius 2 is 1.96 bits per heavy atom. The van der Waals surface area contributed by atoms with Gasteiger partial charge in [0.15, 0.2) is 0 Å². The van der Waals surface area contributed by atoms with Gasteiger partial charge in [-0.2, -0.15) is 11.8 Å². The molecule has 0 amide bonds. The van der Waals surface area contributed by atoms with Crippen LogP contribution in [0, 0.1) is 5.92 Å². The highest BCUT2D eigenvalue weighted by atomic mass is 32.2. The molecule has 0 radical (unpaired) electrons. The Bertz CT molecular complexity index is 625. The van der Waals surface area contributed by atoms with Crippen molar-refractivity contribution in [3.8, 4) is 11.5 Å². The van der Waals surface area contributed by atoms with Crippen LogP contribution in [-0.4, -0.2) is 21.7 Å². The maximum atomic E-state index is 10.9. The Hall–Kier alpha value is -0.830. The van der Waals surface area contributed by atoms with Crippen LogP contribution in [0.1, 0.15) is 96.1 Å². The first-order chi connectivity index (χ1) is 12.3. The normalized spacial score (nSPS) is 27.5. The van der Waals surface area contributed by atoms with Crippen molar-refractivity contribution in [1.29, 1.82) is 0 Å². The van der Waals surface area contributed by atoms with Crippen molar-refractivity contribution < 1.29 is 9.84 Å². The second-order valence-corrected chi connectivity index (χ2v) is 10.2. The lowest BCUT2D eigenvalue weighted by Gasteiger charge is -2.42. The minimum atomic E-state index is -0.179. The molecular formula is C23H36O2S. The maximum absolute atomic E-state index is 10.9. The maximum Gasteiger partial charge on any atom is 0.127 e. The van der Waals surface area contributed by atoms with Crippen LogP contribution in [0.4, 0.5) is 0 Å². The number of rotatable bonds is 7. The summed E-state index contributed by atoms with van der Waals surface area (Å²) in [6.07, 6.45) is 7.75. The van der Waals surface area contributed by atoms with E-state index in [1.165, 1.54) is 44.1 Å². The summed E-state index contributed by atoms with van der Waals surface area (Å²) >= 11 is 2.01. The Kier molecular flexibility index (Phi) is 6.16. The molecule has 1 aromatic rings. The number of phenols is 1. The molecule has 4 atom stereocenters. The molecule has 0 bridgehead atoms. The van der Waals surface area contributed by atoms with Crippen molar-refractivity contribution in [1.82, 2.24) is 0 Å². The lowest BCUT2D eigenvalue weighted by molar-refractivity contribution is 0.0748. The van der Waals surface area contributed by atoms with E-state index in [4.69, 9.17) is 4.74 Å². The summed E-state index contributed by atoms with van der Waals surface area (Å²) in [7, 11) is 0. The highest BCUT2D eigenvalue weighted by Gasteiger charge is 2.50. The summed E-state index contributed by atoms with van der Waals surface area (Å²) in [4.78, 5) is 0. The zero-order valence-electron chi connectivity index (χ0n) is 17.2. The molecule has 2 aliphatic heterocycles. The highest BCUT2D eigenvalue weighted by Crippen LogP contribution is 2.57. The standard InChI is InChI=1S/C23H36O2S/c1-6-7-8-9-10-11-15(2)17-12-18(24)21-19(13-17)25-23(4,5)22-20(21)16(3)14-26-22/h12-13,15-16,20,22,24H,6-11,14H2,1-5H3. The third-order valence-electron chi connectivity index (χ3n) is 6.32. The van der Waals surface area contributed by atoms with E-state index in [-0.39, 0.29) is 5.60 Å². The van der Waals surface area contributed by atoms with Crippen LogP contribution in [-0.2, 0) is 0 Å². The van der Waals surface area contributed by atoms with Crippen molar-refractivity contribution in [3.63, 3.8) is 0 Å². The smallest absolute Gasteiger partial charge is 0.127 e. The van der Waals surface area contributed by atoms with Gasteiger partial charge in [0, 0.05) is 11.5 Å². The molecule has 1 N–H and O–H groups in total. The van der Waals surface area contributed by atoms with E-state index in [1.807, 2.05) is 17.8 Å². The van der Waals surface area contributed by atoms with Crippen LogP contribution >= 0.6 is 11.8 Å². The lowest BCUT2D eigenvalue weighted by Crippen LogP contribution is -2.46. The predicted molar refractivity (Wildman–Crippen MR) is 113 cm³/mol. The van der Waals surface area contributed by atoms with Crippen LogP contribution in [0.2, 0.25) is 0 Å². The van der Waals surface area contributed by atoms with Gasteiger partial charge in [-0.25, -0.2) is 0 Å². The molecule has 0 saturated carbocycles. The van der Waals surface area contributed by atoms with Gasteiger partial charge in [0.25, 0.3) is 0 Å². The summed E-state index contributed by atoms with van der Waals surface area (Å²) < 4.78 is 6.43. The number of unbranched alkanes of at least 4 members (excludes halogenated alkanes) is 4. The first-order valence-corrected chi connectivity index (χ1v) is 11.6. The molecule has 3 rings (SSSR count). The summed E-state index contributed by atoms with van der Waals surface area (Å²) in [5.41, 5.74) is 2.11. The molecule has 2 heterocycles. The van der Waals surface area contributed by atoms with E-state index in [1.54, 1.807) is 0 Å². The minimum absolute atomic E-state index is 0.179. The predicted octanol–water partition coefficient (Wildman–Crippen LogP) is 6.86. The molecule has 0 spiro atoms. The zero-order chi connectivity index (χ0) is 18.9. The summed E-state index contributed by atoms with van der Waals surface area (Å²) in [6, 6.07) is 4.24. The summed E-state index contributed by atoms with van der Waals surface area (Å²) in [5.74, 6) is 3.98.